The summed E-state index contributed by atoms with van der Waals surface area (Å²) in [4.78, 5) is 11.8. The van der Waals surface area contributed by atoms with Crippen LogP contribution in [-0.4, -0.2) is 34.0 Å². The first-order chi connectivity index (χ1) is 10.9. The Labute approximate surface area is 136 Å². The average Bonchev–Trinajstić information content (AvgIpc) is 2.95. The maximum absolute atomic E-state index is 11.8. The predicted octanol–water partition coefficient (Wildman–Crippen LogP) is 1.48. The summed E-state index contributed by atoms with van der Waals surface area (Å²) < 4.78 is 1.62. The second kappa shape index (κ2) is 7.28. The second-order valence-electron chi connectivity index (χ2n) is 6.02. The van der Waals surface area contributed by atoms with E-state index in [0.29, 0.717) is 12.1 Å². The fourth-order valence-electron chi connectivity index (χ4n) is 2.19. The predicted molar refractivity (Wildman–Crippen MR) is 89.1 cm³/mol. The van der Waals surface area contributed by atoms with Crippen LogP contribution in [-0.2, 0) is 19.1 Å². The number of benzene rings is 1. The summed E-state index contributed by atoms with van der Waals surface area (Å²) >= 11 is 0. The Balaban J connectivity index is 1.73. The number of aliphatic hydroxyl groups is 1. The van der Waals surface area contributed by atoms with Gasteiger partial charge in [0.1, 0.15) is 5.60 Å². The molecule has 2 aromatic rings. The fourth-order valence-corrected chi connectivity index (χ4v) is 2.19. The topological polar surface area (TPSA) is 79.2 Å². The molecule has 1 aromatic heterocycles. The van der Waals surface area contributed by atoms with Crippen molar-refractivity contribution in [1.82, 2.24) is 20.4 Å². The van der Waals surface area contributed by atoms with E-state index in [1.807, 2.05) is 6.92 Å². The minimum atomic E-state index is -1.15. The van der Waals surface area contributed by atoms with E-state index in [0.717, 1.165) is 6.42 Å². The molecule has 0 saturated heterocycles. The van der Waals surface area contributed by atoms with E-state index < -0.39 is 5.60 Å². The molecule has 1 heterocycles. The number of hydrogen-bond donors (Lipinski definition) is 3. The molecule has 1 unspecified atom stereocenters. The monoisotopic (exact) mass is 316 g/mol. The van der Waals surface area contributed by atoms with Crippen molar-refractivity contribution in [3.63, 3.8) is 0 Å². The molecular formula is C17H24N4O2. The molecule has 1 atom stereocenters. The third kappa shape index (κ3) is 5.10. The molecule has 0 fully saturated rings. The van der Waals surface area contributed by atoms with E-state index in [9.17, 15) is 9.90 Å². The van der Waals surface area contributed by atoms with Crippen LogP contribution in [0.3, 0.4) is 0 Å². The van der Waals surface area contributed by atoms with Crippen molar-refractivity contribution in [2.75, 3.05) is 13.1 Å². The zero-order valence-electron chi connectivity index (χ0n) is 13.8. The van der Waals surface area contributed by atoms with Crippen LogP contribution in [0.1, 0.15) is 23.6 Å². The number of urea groups is 1. The van der Waals surface area contributed by atoms with Crippen LogP contribution in [0.4, 0.5) is 4.79 Å². The number of carbonyl (C=O) groups excluding carboxylic acids is 1. The zero-order chi connectivity index (χ0) is 16.9. The second-order valence-corrected chi connectivity index (χ2v) is 6.02. The molecule has 23 heavy (non-hydrogen) atoms. The Morgan fingerprint density at radius 1 is 1.30 bits per heavy atom. The molecule has 2 amide bonds. The summed E-state index contributed by atoms with van der Waals surface area (Å²) in [6.07, 6.45) is 4.10. The minimum absolute atomic E-state index is 0.120. The van der Waals surface area contributed by atoms with E-state index in [-0.39, 0.29) is 12.6 Å². The number of hydrogen-bond acceptors (Lipinski definition) is 3. The van der Waals surface area contributed by atoms with Crippen LogP contribution in [0.5, 0.6) is 0 Å². The van der Waals surface area contributed by atoms with Gasteiger partial charge in [-0.25, -0.2) is 4.79 Å². The van der Waals surface area contributed by atoms with Crippen molar-refractivity contribution >= 4 is 6.03 Å². The molecule has 0 aliphatic carbocycles. The summed E-state index contributed by atoms with van der Waals surface area (Å²) in [7, 11) is 1.78. The summed E-state index contributed by atoms with van der Waals surface area (Å²) in [5.41, 5.74) is 1.91. The Hall–Kier alpha value is -2.34. The fraction of sp³-hybridized carbons (Fsp3) is 0.412. The highest BCUT2D eigenvalue weighted by Crippen LogP contribution is 2.18. The Bertz CT molecular complexity index is 647. The first-order valence-corrected chi connectivity index (χ1v) is 7.65. The summed E-state index contributed by atoms with van der Waals surface area (Å²) in [5, 5.41) is 19.9. The van der Waals surface area contributed by atoms with E-state index in [2.05, 4.69) is 40.0 Å². The Morgan fingerprint density at radius 3 is 2.61 bits per heavy atom. The van der Waals surface area contributed by atoms with E-state index in [4.69, 9.17) is 0 Å². The van der Waals surface area contributed by atoms with E-state index in [1.54, 1.807) is 31.0 Å². The lowest BCUT2D eigenvalue weighted by Crippen LogP contribution is -2.43. The molecule has 0 aliphatic heterocycles. The molecule has 0 saturated carbocycles. The SMILES string of the molecule is Cc1ccc(CCNC(=O)NCC(C)(O)c2cnn(C)c2)cc1. The van der Waals surface area contributed by atoms with Crippen LogP contribution in [0.15, 0.2) is 36.7 Å². The molecular weight excluding hydrogens is 292 g/mol. The van der Waals surface area contributed by atoms with E-state index in [1.165, 1.54) is 11.1 Å². The highest BCUT2D eigenvalue weighted by molar-refractivity contribution is 5.73. The van der Waals surface area contributed by atoms with Crippen molar-refractivity contribution in [1.29, 1.82) is 0 Å². The quantitative estimate of drug-likeness (QED) is 0.755. The average molecular weight is 316 g/mol. The van der Waals surface area contributed by atoms with Crippen molar-refractivity contribution in [3.05, 3.63) is 53.3 Å². The van der Waals surface area contributed by atoms with Gasteiger partial charge in [-0.3, -0.25) is 4.68 Å². The van der Waals surface area contributed by atoms with Gasteiger partial charge in [0.15, 0.2) is 0 Å². The van der Waals surface area contributed by atoms with Crippen molar-refractivity contribution in [2.45, 2.75) is 25.9 Å². The highest BCUT2D eigenvalue weighted by Gasteiger charge is 2.25. The van der Waals surface area contributed by atoms with Gasteiger partial charge in [-0.15, -0.1) is 0 Å². The number of aryl methyl sites for hydroxylation is 2. The molecule has 0 bridgehead atoms. The zero-order valence-corrected chi connectivity index (χ0v) is 13.8. The van der Waals surface area contributed by atoms with Crippen molar-refractivity contribution < 1.29 is 9.90 Å². The molecule has 2 rings (SSSR count). The number of amides is 2. The van der Waals surface area contributed by atoms with Gasteiger partial charge in [0.05, 0.1) is 12.7 Å². The normalized spacial score (nSPS) is 13.4. The first-order valence-electron chi connectivity index (χ1n) is 7.65. The minimum Gasteiger partial charge on any atom is -0.383 e. The van der Waals surface area contributed by atoms with Gasteiger partial charge in [0.2, 0.25) is 0 Å². The number of aromatic nitrogens is 2. The molecule has 124 valence electrons. The number of carbonyl (C=O) groups is 1. The van der Waals surface area contributed by atoms with Gasteiger partial charge in [-0.05, 0) is 25.8 Å². The van der Waals surface area contributed by atoms with Crippen molar-refractivity contribution in [2.24, 2.45) is 7.05 Å². The van der Waals surface area contributed by atoms with Crippen LogP contribution >= 0.6 is 0 Å². The van der Waals surface area contributed by atoms with Crippen LogP contribution < -0.4 is 10.6 Å². The maximum Gasteiger partial charge on any atom is 0.314 e. The lowest BCUT2D eigenvalue weighted by molar-refractivity contribution is 0.0593. The van der Waals surface area contributed by atoms with Gasteiger partial charge < -0.3 is 15.7 Å². The third-order valence-electron chi connectivity index (χ3n) is 3.74. The highest BCUT2D eigenvalue weighted by atomic mass is 16.3. The summed E-state index contributed by atoms with van der Waals surface area (Å²) in [6, 6.07) is 7.94. The molecule has 6 nitrogen and oxygen atoms in total. The molecule has 0 aliphatic rings. The number of rotatable bonds is 6. The van der Waals surface area contributed by atoms with Crippen molar-refractivity contribution in [3.8, 4) is 0 Å². The Morgan fingerprint density at radius 2 is 2.00 bits per heavy atom. The smallest absolute Gasteiger partial charge is 0.314 e. The van der Waals surface area contributed by atoms with Crippen LogP contribution in [0.25, 0.3) is 0 Å². The number of nitrogens with one attached hydrogen (secondary N) is 2. The van der Waals surface area contributed by atoms with Gasteiger partial charge in [0, 0.05) is 25.4 Å². The third-order valence-corrected chi connectivity index (χ3v) is 3.74. The van der Waals surface area contributed by atoms with Crippen LogP contribution in [0, 0.1) is 6.92 Å². The lowest BCUT2D eigenvalue weighted by Gasteiger charge is -2.22. The lowest BCUT2D eigenvalue weighted by atomic mass is 10.00. The largest absolute Gasteiger partial charge is 0.383 e. The first kappa shape index (κ1) is 17.0. The molecule has 0 spiro atoms. The Kier molecular flexibility index (Phi) is 5.39. The molecule has 6 heteroatoms. The molecule has 0 radical (unpaired) electrons. The maximum atomic E-state index is 11.8. The van der Waals surface area contributed by atoms with E-state index >= 15 is 0 Å². The van der Waals surface area contributed by atoms with Gasteiger partial charge in [-0.2, -0.15) is 5.10 Å². The van der Waals surface area contributed by atoms with Gasteiger partial charge in [-0.1, -0.05) is 29.8 Å². The molecule has 3 N–H and O–H groups in total. The summed E-state index contributed by atoms with van der Waals surface area (Å²) in [6.45, 7) is 4.36. The van der Waals surface area contributed by atoms with Crippen LogP contribution in [0.2, 0.25) is 0 Å². The summed E-state index contributed by atoms with van der Waals surface area (Å²) in [5.74, 6) is 0. The van der Waals surface area contributed by atoms with Gasteiger partial charge >= 0.3 is 6.03 Å². The van der Waals surface area contributed by atoms with Gasteiger partial charge in [0.25, 0.3) is 0 Å². The standard InChI is InChI=1S/C17H24N4O2/c1-13-4-6-14(7-5-13)8-9-18-16(22)19-12-17(2,23)15-10-20-21(3)11-15/h4-7,10-11,23H,8-9,12H2,1-3H3,(H2,18,19,22). The molecule has 1 aromatic carbocycles. The number of nitrogens with zero attached hydrogens (tertiary/aromatic N) is 2.